The molecule has 0 unspecified atom stereocenters. The maximum atomic E-state index is 10.7. The summed E-state index contributed by atoms with van der Waals surface area (Å²) in [5, 5.41) is 8.10. The average molecular weight is 327 g/mol. The summed E-state index contributed by atoms with van der Waals surface area (Å²) in [5.74, 6) is -0.510. The van der Waals surface area contributed by atoms with Crippen LogP contribution in [0.1, 0.15) is 110 Å². The van der Waals surface area contributed by atoms with Crippen molar-refractivity contribution in [3.63, 3.8) is 0 Å². The standard InChI is InChI=1S/C18H36O3.Mg.2H/c1-2-3-4-5-6-7-8-9-10-11-12-13-14-15-16-17-18(19)21-20;;;/h20H,2-17H2,1H3;;;. The predicted octanol–water partition coefficient (Wildman–Crippen LogP) is 5.35. The largest absolute Gasteiger partial charge is 0.342 e. The van der Waals surface area contributed by atoms with E-state index in [0.29, 0.717) is 6.42 Å². The van der Waals surface area contributed by atoms with Gasteiger partial charge >= 0.3 is 29.0 Å². The first kappa shape index (κ1) is 24.4. The molecular weight excluding hydrogens is 288 g/mol. The fourth-order valence-corrected chi connectivity index (χ4v) is 2.69. The molecule has 1 N–H and O–H groups in total. The SMILES string of the molecule is CCCCCCCCCCCCCCCCCC(=O)OO.[MgH2]. The summed E-state index contributed by atoms with van der Waals surface area (Å²) in [6.45, 7) is 2.27. The lowest BCUT2D eigenvalue weighted by Crippen LogP contribution is -1.99. The van der Waals surface area contributed by atoms with Gasteiger partial charge in [0.2, 0.25) is 0 Å². The van der Waals surface area contributed by atoms with Crippen LogP contribution < -0.4 is 0 Å². The molecule has 22 heavy (non-hydrogen) atoms. The van der Waals surface area contributed by atoms with Gasteiger partial charge in [0.1, 0.15) is 0 Å². The zero-order valence-corrected chi connectivity index (χ0v) is 14.1. The highest BCUT2D eigenvalue weighted by Gasteiger charge is 2.00. The molecule has 0 rings (SSSR count). The molecule has 0 saturated carbocycles. The number of hydrogen-bond donors (Lipinski definition) is 1. The molecule has 0 saturated heterocycles. The molecule has 0 heterocycles. The molecule has 130 valence electrons. The highest BCUT2D eigenvalue weighted by Crippen LogP contribution is 2.13. The highest BCUT2D eigenvalue weighted by molar-refractivity contribution is 5.75. The van der Waals surface area contributed by atoms with Gasteiger partial charge < -0.3 is 4.89 Å². The Bertz CT molecular complexity index is 222. The molecule has 0 amide bonds. The number of unbranched alkanes of at least 4 members (excludes halogenated alkanes) is 14. The average Bonchev–Trinajstić information content (AvgIpc) is 2.50. The van der Waals surface area contributed by atoms with Gasteiger partial charge in [-0.25, -0.2) is 4.79 Å². The van der Waals surface area contributed by atoms with Gasteiger partial charge in [0.05, 0.1) is 0 Å². The normalized spacial score (nSPS) is 10.3. The summed E-state index contributed by atoms with van der Waals surface area (Å²) >= 11 is 0. The van der Waals surface area contributed by atoms with Crippen molar-refractivity contribution in [2.24, 2.45) is 0 Å². The van der Waals surface area contributed by atoms with Gasteiger partial charge in [-0.05, 0) is 6.42 Å². The molecule has 0 aliphatic carbocycles. The molecular formula is C18H38MgO3. The highest BCUT2D eigenvalue weighted by atomic mass is 24.3. The van der Waals surface area contributed by atoms with E-state index in [0.717, 1.165) is 12.8 Å². The smallest absolute Gasteiger partial charge is 0.301 e. The van der Waals surface area contributed by atoms with Crippen molar-refractivity contribution in [3.05, 3.63) is 0 Å². The molecule has 0 aliphatic heterocycles. The van der Waals surface area contributed by atoms with E-state index >= 15 is 0 Å². The Morgan fingerprint density at radius 3 is 1.32 bits per heavy atom. The molecule has 0 aromatic rings. The van der Waals surface area contributed by atoms with Gasteiger partial charge in [-0.15, -0.1) is 0 Å². The molecule has 4 heteroatoms. The Morgan fingerprint density at radius 1 is 0.682 bits per heavy atom. The Balaban J connectivity index is 0. The van der Waals surface area contributed by atoms with Crippen molar-refractivity contribution < 1.29 is 14.9 Å². The minimum Gasteiger partial charge on any atom is -0.301 e. The first-order valence-corrected chi connectivity index (χ1v) is 9.15. The van der Waals surface area contributed by atoms with E-state index in [-0.39, 0.29) is 23.1 Å². The quantitative estimate of drug-likeness (QED) is 0.180. The van der Waals surface area contributed by atoms with Crippen molar-refractivity contribution in [1.82, 2.24) is 0 Å². The second kappa shape index (κ2) is 21.2. The van der Waals surface area contributed by atoms with Crippen molar-refractivity contribution in [2.45, 2.75) is 110 Å². The van der Waals surface area contributed by atoms with Gasteiger partial charge in [-0.2, -0.15) is 5.26 Å². The van der Waals surface area contributed by atoms with E-state index in [1.54, 1.807) is 0 Å². The van der Waals surface area contributed by atoms with Crippen LogP contribution in [0.2, 0.25) is 0 Å². The van der Waals surface area contributed by atoms with Crippen molar-refractivity contribution in [3.8, 4) is 0 Å². The van der Waals surface area contributed by atoms with Crippen LogP contribution in [-0.4, -0.2) is 34.3 Å². The molecule has 3 nitrogen and oxygen atoms in total. The predicted molar refractivity (Wildman–Crippen MR) is 96.8 cm³/mol. The Morgan fingerprint density at radius 2 is 1.00 bits per heavy atom. The van der Waals surface area contributed by atoms with Crippen LogP contribution in [0.25, 0.3) is 0 Å². The monoisotopic (exact) mass is 326 g/mol. The summed E-state index contributed by atoms with van der Waals surface area (Å²) in [7, 11) is 0. The third kappa shape index (κ3) is 20.2. The van der Waals surface area contributed by atoms with Gasteiger partial charge in [0, 0.05) is 6.42 Å². The fourth-order valence-electron chi connectivity index (χ4n) is 2.69. The van der Waals surface area contributed by atoms with E-state index in [1.165, 1.54) is 83.5 Å². The van der Waals surface area contributed by atoms with Gasteiger partial charge in [0.25, 0.3) is 0 Å². The van der Waals surface area contributed by atoms with E-state index in [9.17, 15) is 4.79 Å². The second-order valence-corrected chi connectivity index (χ2v) is 6.16. The Hall–Kier alpha value is 0.196. The topological polar surface area (TPSA) is 46.5 Å². The molecule has 0 bridgehead atoms. The fraction of sp³-hybridized carbons (Fsp3) is 0.944. The lowest BCUT2D eigenvalue weighted by molar-refractivity contribution is -0.234. The van der Waals surface area contributed by atoms with Crippen LogP contribution in [0.5, 0.6) is 0 Å². The van der Waals surface area contributed by atoms with Crippen LogP contribution in [0.3, 0.4) is 0 Å². The van der Waals surface area contributed by atoms with E-state index < -0.39 is 5.97 Å². The summed E-state index contributed by atoms with van der Waals surface area (Å²) in [5.41, 5.74) is 0. The second-order valence-electron chi connectivity index (χ2n) is 6.16. The minimum atomic E-state index is -0.510. The maximum absolute atomic E-state index is 10.7. The maximum Gasteiger partial charge on any atom is 0.342 e. The van der Waals surface area contributed by atoms with Crippen LogP contribution in [0.4, 0.5) is 0 Å². The summed E-state index contributed by atoms with van der Waals surface area (Å²) in [6, 6.07) is 0. The minimum absolute atomic E-state index is 0. The molecule has 0 aromatic carbocycles. The van der Waals surface area contributed by atoms with E-state index in [4.69, 9.17) is 5.26 Å². The molecule has 0 aromatic heterocycles. The number of hydrogen-bond acceptors (Lipinski definition) is 3. The zero-order chi connectivity index (χ0) is 15.6. The van der Waals surface area contributed by atoms with Crippen LogP contribution in [0.15, 0.2) is 0 Å². The summed E-state index contributed by atoms with van der Waals surface area (Å²) in [6.07, 6.45) is 20.0. The van der Waals surface area contributed by atoms with Crippen molar-refractivity contribution >= 4 is 29.0 Å². The van der Waals surface area contributed by atoms with E-state index in [2.05, 4.69) is 11.8 Å². The summed E-state index contributed by atoms with van der Waals surface area (Å²) in [4.78, 5) is 14.3. The molecule has 0 radical (unpaired) electrons. The van der Waals surface area contributed by atoms with Crippen LogP contribution in [-0.2, 0) is 9.68 Å². The lowest BCUT2D eigenvalue weighted by atomic mass is 10.0. The zero-order valence-electron chi connectivity index (χ0n) is 14.1. The number of carbonyl (C=O) groups excluding carboxylic acids is 1. The first-order chi connectivity index (χ1) is 10.3. The third-order valence-electron chi connectivity index (χ3n) is 4.09. The van der Waals surface area contributed by atoms with Crippen LogP contribution in [0, 0.1) is 0 Å². The van der Waals surface area contributed by atoms with Gasteiger partial charge in [0.15, 0.2) is 0 Å². The van der Waals surface area contributed by atoms with Gasteiger partial charge in [-0.1, -0.05) is 96.8 Å². The van der Waals surface area contributed by atoms with Crippen molar-refractivity contribution in [2.75, 3.05) is 0 Å². The molecule has 0 fully saturated rings. The molecule has 0 aliphatic rings. The van der Waals surface area contributed by atoms with E-state index in [1.807, 2.05) is 0 Å². The lowest BCUT2D eigenvalue weighted by Gasteiger charge is -2.03. The Kier molecular flexibility index (Phi) is 23.6. The van der Waals surface area contributed by atoms with Gasteiger partial charge in [-0.3, -0.25) is 0 Å². The first-order valence-electron chi connectivity index (χ1n) is 9.15. The van der Waals surface area contributed by atoms with Crippen molar-refractivity contribution in [1.29, 1.82) is 0 Å². The summed E-state index contributed by atoms with van der Waals surface area (Å²) < 4.78 is 0. The molecule has 0 spiro atoms. The number of carbonyl (C=O) groups is 1. The Labute approximate surface area is 153 Å². The molecule has 0 atom stereocenters. The third-order valence-corrected chi connectivity index (χ3v) is 4.09. The number of rotatable bonds is 16. The van der Waals surface area contributed by atoms with Crippen LogP contribution >= 0.6 is 0 Å².